The second-order valence-electron chi connectivity index (χ2n) is 7.18. The first-order valence-corrected chi connectivity index (χ1v) is 9.01. The number of rotatable bonds is 3. The van der Waals surface area contributed by atoms with Crippen molar-refractivity contribution < 1.29 is 0 Å². The molecular formula is C15H29N3S. The van der Waals surface area contributed by atoms with Crippen molar-refractivity contribution in [3.63, 3.8) is 0 Å². The van der Waals surface area contributed by atoms with Crippen LogP contribution >= 0.6 is 11.8 Å². The van der Waals surface area contributed by atoms with Gasteiger partial charge in [0.2, 0.25) is 0 Å². The summed E-state index contributed by atoms with van der Waals surface area (Å²) >= 11 is 2.11. The van der Waals surface area contributed by atoms with Gasteiger partial charge in [0.25, 0.3) is 0 Å². The molecule has 0 aromatic carbocycles. The van der Waals surface area contributed by atoms with E-state index in [1.54, 1.807) is 0 Å². The molecule has 1 unspecified atom stereocenters. The molecule has 0 aromatic rings. The van der Waals surface area contributed by atoms with Crippen LogP contribution in [0.4, 0.5) is 0 Å². The fraction of sp³-hybridized carbons (Fsp3) is 1.00. The van der Waals surface area contributed by atoms with Crippen LogP contribution in [0.25, 0.3) is 0 Å². The molecule has 0 radical (unpaired) electrons. The van der Waals surface area contributed by atoms with Crippen molar-refractivity contribution in [1.29, 1.82) is 0 Å². The van der Waals surface area contributed by atoms with Crippen LogP contribution in [-0.4, -0.2) is 65.6 Å². The molecular weight excluding hydrogens is 254 g/mol. The molecule has 0 spiro atoms. The minimum Gasteiger partial charge on any atom is -0.329 e. The van der Waals surface area contributed by atoms with Gasteiger partial charge in [0.15, 0.2) is 0 Å². The Kier molecular flexibility index (Phi) is 3.89. The maximum absolute atomic E-state index is 6.28. The number of thioether (sulfide) groups is 1. The van der Waals surface area contributed by atoms with Crippen LogP contribution in [0.3, 0.4) is 0 Å². The quantitative estimate of drug-likeness (QED) is 0.853. The molecule has 3 aliphatic rings. The fourth-order valence-electron chi connectivity index (χ4n) is 3.93. The molecule has 2 N–H and O–H groups in total. The first-order valence-electron chi connectivity index (χ1n) is 7.86. The van der Waals surface area contributed by atoms with E-state index in [-0.39, 0.29) is 5.54 Å². The highest BCUT2D eigenvalue weighted by Crippen LogP contribution is 2.46. The lowest BCUT2D eigenvalue weighted by Gasteiger charge is -2.57. The Hall–Kier alpha value is 0.230. The molecule has 2 heterocycles. The summed E-state index contributed by atoms with van der Waals surface area (Å²) in [6, 6.07) is 0.921. The first kappa shape index (κ1) is 14.2. The minimum absolute atomic E-state index is 0.228. The van der Waals surface area contributed by atoms with Gasteiger partial charge in [-0.3, -0.25) is 9.80 Å². The Morgan fingerprint density at radius 3 is 2.37 bits per heavy atom. The van der Waals surface area contributed by atoms with Gasteiger partial charge in [-0.25, -0.2) is 0 Å². The SMILES string of the molecule is CC1(C)CCSCC1(CN)N1CCN(C2CC2)CC1. The van der Waals surface area contributed by atoms with E-state index in [0.29, 0.717) is 5.41 Å². The van der Waals surface area contributed by atoms with Crippen molar-refractivity contribution in [2.24, 2.45) is 11.1 Å². The molecule has 3 fully saturated rings. The lowest BCUT2D eigenvalue weighted by Crippen LogP contribution is -2.69. The van der Waals surface area contributed by atoms with E-state index in [0.717, 1.165) is 12.6 Å². The summed E-state index contributed by atoms with van der Waals surface area (Å²) in [6.45, 7) is 10.6. The number of nitrogens with two attached hydrogens (primary N) is 1. The van der Waals surface area contributed by atoms with E-state index in [1.165, 1.54) is 56.9 Å². The third kappa shape index (κ3) is 2.45. The third-order valence-corrected chi connectivity index (χ3v) is 6.97. The van der Waals surface area contributed by atoms with Crippen LogP contribution in [0.5, 0.6) is 0 Å². The summed E-state index contributed by atoms with van der Waals surface area (Å²) in [6.07, 6.45) is 4.17. The molecule has 1 saturated carbocycles. The van der Waals surface area contributed by atoms with E-state index >= 15 is 0 Å². The standard InChI is InChI=1S/C15H29N3S/c1-14(2)5-10-19-12-15(14,11-16)18-8-6-17(7-9-18)13-3-4-13/h13H,3-12,16H2,1-2H3. The van der Waals surface area contributed by atoms with Crippen LogP contribution in [-0.2, 0) is 0 Å². The Morgan fingerprint density at radius 2 is 1.84 bits per heavy atom. The molecule has 110 valence electrons. The summed E-state index contributed by atoms with van der Waals surface area (Å²) in [5.74, 6) is 2.52. The molecule has 1 aliphatic carbocycles. The zero-order valence-corrected chi connectivity index (χ0v) is 13.3. The summed E-state index contributed by atoms with van der Waals surface area (Å²) in [7, 11) is 0. The molecule has 4 heteroatoms. The van der Waals surface area contributed by atoms with Gasteiger partial charge < -0.3 is 5.73 Å². The molecule has 0 aromatic heterocycles. The van der Waals surface area contributed by atoms with Crippen molar-refractivity contribution in [3.8, 4) is 0 Å². The van der Waals surface area contributed by atoms with Crippen molar-refractivity contribution in [2.45, 2.75) is 44.7 Å². The topological polar surface area (TPSA) is 32.5 Å². The molecule has 3 nitrogen and oxygen atoms in total. The Balaban J connectivity index is 1.71. The van der Waals surface area contributed by atoms with Gasteiger partial charge >= 0.3 is 0 Å². The predicted molar refractivity (Wildman–Crippen MR) is 83.7 cm³/mol. The maximum atomic E-state index is 6.28. The minimum atomic E-state index is 0.228. The van der Waals surface area contributed by atoms with Crippen molar-refractivity contribution in [1.82, 2.24) is 9.80 Å². The smallest absolute Gasteiger partial charge is 0.0474 e. The van der Waals surface area contributed by atoms with E-state index in [1.807, 2.05) is 0 Å². The Bertz CT molecular complexity index is 321. The van der Waals surface area contributed by atoms with Crippen molar-refractivity contribution >= 4 is 11.8 Å². The van der Waals surface area contributed by atoms with Crippen LogP contribution < -0.4 is 5.73 Å². The maximum Gasteiger partial charge on any atom is 0.0474 e. The van der Waals surface area contributed by atoms with Crippen molar-refractivity contribution in [3.05, 3.63) is 0 Å². The van der Waals surface area contributed by atoms with Gasteiger partial charge in [0, 0.05) is 50.1 Å². The highest BCUT2D eigenvalue weighted by molar-refractivity contribution is 7.99. The van der Waals surface area contributed by atoms with Crippen LogP contribution in [0.15, 0.2) is 0 Å². The number of piperazine rings is 1. The second-order valence-corrected chi connectivity index (χ2v) is 8.28. The van der Waals surface area contributed by atoms with Gasteiger partial charge in [-0.1, -0.05) is 13.8 Å². The Labute approximate surface area is 122 Å². The molecule has 2 aliphatic heterocycles. The number of nitrogens with zero attached hydrogens (tertiary/aromatic N) is 2. The van der Waals surface area contributed by atoms with Crippen LogP contribution in [0.2, 0.25) is 0 Å². The van der Waals surface area contributed by atoms with E-state index in [4.69, 9.17) is 5.73 Å². The zero-order valence-electron chi connectivity index (χ0n) is 12.5. The normalized spacial score (nSPS) is 37.4. The highest BCUT2D eigenvalue weighted by Gasteiger charge is 2.50. The summed E-state index contributed by atoms with van der Waals surface area (Å²) < 4.78 is 0. The van der Waals surface area contributed by atoms with Crippen LogP contribution in [0.1, 0.15) is 33.1 Å². The van der Waals surface area contributed by atoms with E-state index < -0.39 is 0 Å². The third-order valence-electron chi connectivity index (χ3n) is 5.79. The van der Waals surface area contributed by atoms with Gasteiger partial charge in [0.05, 0.1) is 0 Å². The largest absolute Gasteiger partial charge is 0.329 e. The molecule has 19 heavy (non-hydrogen) atoms. The fourth-order valence-corrected chi connectivity index (χ4v) is 5.76. The molecule has 3 rings (SSSR count). The number of hydrogen-bond donors (Lipinski definition) is 1. The number of hydrogen-bond acceptors (Lipinski definition) is 4. The van der Waals surface area contributed by atoms with Gasteiger partial charge in [0.1, 0.15) is 0 Å². The van der Waals surface area contributed by atoms with Gasteiger partial charge in [-0.05, 0) is 30.4 Å². The molecule has 0 amide bonds. The second kappa shape index (κ2) is 5.21. The first-order chi connectivity index (χ1) is 9.09. The van der Waals surface area contributed by atoms with Crippen molar-refractivity contribution in [2.75, 3.05) is 44.2 Å². The monoisotopic (exact) mass is 283 g/mol. The average molecular weight is 283 g/mol. The molecule has 0 bridgehead atoms. The van der Waals surface area contributed by atoms with E-state index in [2.05, 4.69) is 35.4 Å². The average Bonchev–Trinajstić information content (AvgIpc) is 3.23. The predicted octanol–water partition coefficient (Wildman–Crippen LogP) is 1.63. The molecule has 1 atom stereocenters. The van der Waals surface area contributed by atoms with Gasteiger partial charge in [-0.2, -0.15) is 11.8 Å². The summed E-state index contributed by atoms with van der Waals surface area (Å²) in [5.41, 5.74) is 6.87. The Morgan fingerprint density at radius 1 is 1.16 bits per heavy atom. The van der Waals surface area contributed by atoms with E-state index in [9.17, 15) is 0 Å². The van der Waals surface area contributed by atoms with Gasteiger partial charge in [-0.15, -0.1) is 0 Å². The molecule has 2 saturated heterocycles. The summed E-state index contributed by atoms with van der Waals surface area (Å²) in [5, 5.41) is 0. The lowest BCUT2D eigenvalue weighted by molar-refractivity contribution is -0.0291. The zero-order chi connectivity index (χ0) is 13.5. The highest BCUT2D eigenvalue weighted by atomic mass is 32.2. The van der Waals surface area contributed by atoms with Crippen LogP contribution in [0, 0.1) is 5.41 Å². The lowest BCUT2D eigenvalue weighted by atomic mass is 9.69. The summed E-state index contributed by atoms with van der Waals surface area (Å²) in [4.78, 5) is 5.43.